The summed E-state index contributed by atoms with van der Waals surface area (Å²) in [6, 6.07) is 5.98. The standard InChI is InChI=1S/C25H27Cl2FN6O2/c1-14-24-15(8-16(26)9-18(24)27)2-5-34(14)23(35)12-30-21-11-20-17(10-19(21)28)25(36)32-22(31-20)13-33-6-3-29-4-7-33/h8-11,14,29-30H,2-7,12-13H2,1H3,(H,31,32,36). The number of piperazine rings is 1. The molecule has 0 spiro atoms. The van der Waals surface area contributed by atoms with Gasteiger partial charge in [0.15, 0.2) is 0 Å². The number of nitrogens with one attached hydrogen (secondary N) is 3. The van der Waals surface area contributed by atoms with Crippen molar-refractivity contribution in [2.45, 2.75) is 25.9 Å². The number of fused-ring (bicyclic) bond motifs is 2. The van der Waals surface area contributed by atoms with Crippen LogP contribution in [-0.2, 0) is 17.8 Å². The number of rotatable bonds is 5. The molecule has 1 saturated heterocycles. The molecule has 8 nitrogen and oxygen atoms in total. The maximum Gasteiger partial charge on any atom is 0.258 e. The minimum atomic E-state index is -0.618. The zero-order valence-corrected chi connectivity index (χ0v) is 21.3. The lowest BCUT2D eigenvalue weighted by molar-refractivity contribution is -0.131. The first-order chi connectivity index (χ1) is 17.3. The van der Waals surface area contributed by atoms with Gasteiger partial charge in [0.2, 0.25) is 5.91 Å². The van der Waals surface area contributed by atoms with Crippen molar-refractivity contribution in [1.82, 2.24) is 25.1 Å². The predicted molar refractivity (Wildman–Crippen MR) is 139 cm³/mol. The van der Waals surface area contributed by atoms with Crippen LogP contribution in [0.25, 0.3) is 10.9 Å². The van der Waals surface area contributed by atoms with Gasteiger partial charge in [-0.15, -0.1) is 0 Å². The molecule has 0 radical (unpaired) electrons. The fraction of sp³-hybridized carbons (Fsp3) is 0.400. The molecule has 2 aromatic carbocycles. The average molecular weight is 533 g/mol. The third kappa shape index (κ3) is 5.06. The lowest BCUT2D eigenvalue weighted by Gasteiger charge is -2.36. The monoisotopic (exact) mass is 532 g/mol. The molecule has 5 rings (SSSR count). The van der Waals surface area contributed by atoms with Crippen LogP contribution in [0.1, 0.15) is 29.9 Å². The highest BCUT2D eigenvalue weighted by Crippen LogP contribution is 2.37. The van der Waals surface area contributed by atoms with Gasteiger partial charge >= 0.3 is 0 Å². The zero-order chi connectivity index (χ0) is 25.4. The van der Waals surface area contributed by atoms with Gasteiger partial charge in [-0.1, -0.05) is 23.2 Å². The van der Waals surface area contributed by atoms with E-state index in [1.807, 2.05) is 13.0 Å². The quantitative estimate of drug-likeness (QED) is 0.466. The van der Waals surface area contributed by atoms with E-state index >= 15 is 0 Å². The van der Waals surface area contributed by atoms with Crippen LogP contribution >= 0.6 is 23.2 Å². The van der Waals surface area contributed by atoms with Crippen LogP contribution < -0.4 is 16.2 Å². The van der Waals surface area contributed by atoms with E-state index in [0.29, 0.717) is 40.9 Å². The van der Waals surface area contributed by atoms with E-state index in [9.17, 15) is 14.0 Å². The Morgan fingerprint density at radius 3 is 2.75 bits per heavy atom. The Hall–Kier alpha value is -2.72. The largest absolute Gasteiger partial charge is 0.374 e. The molecule has 1 atom stereocenters. The summed E-state index contributed by atoms with van der Waals surface area (Å²) in [6.07, 6.45) is 0.637. The smallest absolute Gasteiger partial charge is 0.258 e. The third-order valence-corrected chi connectivity index (χ3v) is 7.39. The number of H-pyrrole nitrogens is 1. The Bertz CT molecular complexity index is 1370. The number of anilines is 1. The summed E-state index contributed by atoms with van der Waals surface area (Å²) in [4.78, 5) is 36.9. The molecule has 1 unspecified atom stereocenters. The molecule has 0 bridgehead atoms. The molecule has 11 heteroatoms. The number of hydrogen-bond acceptors (Lipinski definition) is 6. The molecule has 3 N–H and O–H groups in total. The van der Waals surface area contributed by atoms with Gasteiger partial charge in [0, 0.05) is 42.8 Å². The number of halogens is 3. The molecule has 2 aliphatic rings. The first-order valence-electron chi connectivity index (χ1n) is 12.0. The van der Waals surface area contributed by atoms with Crippen LogP contribution in [0.3, 0.4) is 0 Å². The van der Waals surface area contributed by atoms with Gasteiger partial charge in [0.05, 0.1) is 35.7 Å². The summed E-state index contributed by atoms with van der Waals surface area (Å²) >= 11 is 12.5. The highest BCUT2D eigenvalue weighted by molar-refractivity contribution is 6.35. The van der Waals surface area contributed by atoms with E-state index in [1.165, 1.54) is 6.07 Å². The van der Waals surface area contributed by atoms with E-state index in [0.717, 1.165) is 43.4 Å². The number of nitrogens with zero attached hydrogens (tertiary/aromatic N) is 3. The normalized spacial score (nSPS) is 18.3. The van der Waals surface area contributed by atoms with Gasteiger partial charge in [-0.2, -0.15) is 0 Å². The summed E-state index contributed by atoms with van der Waals surface area (Å²) in [6.45, 7) is 6.31. The average Bonchev–Trinajstić information content (AvgIpc) is 2.83. The second kappa shape index (κ2) is 10.3. The van der Waals surface area contributed by atoms with Crippen LogP contribution in [0.5, 0.6) is 0 Å². The van der Waals surface area contributed by atoms with E-state index in [-0.39, 0.29) is 35.1 Å². The van der Waals surface area contributed by atoms with Crippen molar-refractivity contribution >= 4 is 45.7 Å². The number of amides is 1. The lowest BCUT2D eigenvalue weighted by atomic mass is 9.93. The SMILES string of the molecule is CC1c2c(Cl)cc(Cl)cc2CCN1C(=O)CNc1cc2nc(CN3CCNCC3)[nH]c(=O)c2cc1F. The number of aromatic nitrogens is 2. The van der Waals surface area contributed by atoms with E-state index in [1.54, 1.807) is 11.0 Å². The van der Waals surface area contributed by atoms with E-state index < -0.39 is 5.82 Å². The summed E-state index contributed by atoms with van der Waals surface area (Å²) in [5, 5.41) is 7.46. The second-order valence-corrected chi connectivity index (χ2v) is 10.1. The highest BCUT2D eigenvalue weighted by Gasteiger charge is 2.29. The van der Waals surface area contributed by atoms with Gasteiger partial charge in [-0.25, -0.2) is 9.37 Å². The van der Waals surface area contributed by atoms with Crippen molar-refractivity contribution in [2.75, 3.05) is 44.6 Å². The molecular weight excluding hydrogens is 506 g/mol. The van der Waals surface area contributed by atoms with E-state index in [4.69, 9.17) is 23.2 Å². The van der Waals surface area contributed by atoms with Crippen molar-refractivity contribution in [3.63, 3.8) is 0 Å². The zero-order valence-electron chi connectivity index (χ0n) is 19.8. The first-order valence-corrected chi connectivity index (χ1v) is 12.7. The van der Waals surface area contributed by atoms with Crippen LogP contribution in [0, 0.1) is 5.82 Å². The van der Waals surface area contributed by atoms with Crippen molar-refractivity contribution in [3.05, 3.63) is 67.4 Å². The van der Waals surface area contributed by atoms with Crippen molar-refractivity contribution < 1.29 is 9.18 Å². The van der Waals surface area contributed by atoms with Gasteiger partial charge in [0.1, 0.15) is 11.6 Å². The Morgan fingerprint density at radius 1 is 1.19 bits per heavy atom. The molecule has 36 heavy (non-hydrogen) atoms. The topological polar surface area (TPSA) is 93.4 Å². The maximum atomic E-state index is 14.8. The van der Waals surface area contributed by atoms with Crippen LogP contribution in [-0.4, -0.2) is 64.9 Å². The molecule has 0 aliphatic carbocycles. The number of benzene rings is 2. The van der Waals surface area contributed by atoms with Crippen molar-refractivity contribution in [3.8, 4) is 0 Å². The fourth-order valence-electron chi connectivity index (χ4n) is 5.02. The Labute approximate surface area is 217 Å². The summed E-state index contributed by atoms with van der Waals surface area (Å²) in [5.74, 6) is -0.273. The molecule has 1 fully saturated rings. The highest BCUT2D eigenvalue weighted by atomic mass is 35.5. The molecule has 3 aromatic rings. The summed E-state index contributed by atoms with van der Waals surface area (Å²) in [7, 11) is 0. The molecule has 1 amide bonds. The van der Waals surface area contributed by atoms with Crippen molar-refractivity contribution in [2.24, 2.45) is 0 Å². The van der Waals surface area contributed by atoms with Gasteiger partial charge in [-0.3, -0.25) is 14.5 Å². The third-order valence-electron chi connectivity index (χ3n) is 6.86. The minimum absolute atomic E-state index is 0.107. The molecular formula is C25H27Cl2FN6O2. The predicted octanol–water partition coefficient (Wildman–Crippen LogP) is 3.33. The number of carbonyl (C=O) groups is 1. The van der Waals surface area contributed by atoms with Gasteiger partial charge in [-0.05, 0) is 48.7 Å². The minimum Gasteiger partial charge on any atom is -0.374 e. The Morgan fingerprint density at radius 2 is 1.97 bits per heavy atom. The molecule has 0 saturated carbocycles. The number of hydrogen-bond donors (Lipinski definition) is 3. The summed E-state index contributed by atoms with van der Waals surface area (Å²) in [5.41, 5.74) is 2.04. The number of carbonyl (C=O) groups excluding carboxylic acids is 1. The van der Waals surface area contributed by atoms with Gasteiger partial charge in [0.25, 0.3) is 5.56 Å². The molecule has 3 heterocycles. The van der Waals surface area contributed by atoms with Crippen molar-refractivity contribution in [1.29, 1.82) is 0 Å². The van der Waals surface area contributed by atoms with Crippen LogP contribution in [0.15, 0.2) is 29.1 Å². The van der Waals surface area contributed by atoms with Crippen LogP contribution in [0.2, 0.25) is 10.0 Å². The maximum absolute atomic E-state index is 14.8. The number of aromatic amines is 1. The molecule has 190 valence electrons. The Kier molecular flexibility index (Phi) is 7.16. The molecule has 2 aliphatic heterocycles. The van der Waals surface area contributed by atoms with Crippen LogP contribution in [0.4, 0.5) is 10.1 Å². The van der Waals surface area contributed by atoms with E-state index in [2.05, 4.69) is 25.5 Å². The second-order valence-electron chi connectivity index (χ2n) is 9.22. The fourth-order valence-corrected chi connectivity index (χ4v) is 5.71. The molecule has 1 aromatic heterocycles. The van der Waals surface area contributed by atoms with Gasteiger partial charge < -0.3 is 20.5 Å². The Balaban J connectivity index is 1.32. The first kappa shape index (κ1) is 25.0. The lowest BCUT2D eigenvalue weighted by Crippen LogP contribution is -2.43. The summed E-state index contributed by atoms with van der Waals surface area (Å²) < 4.78 is 14.8.